The van der Waals surface area contributed by atoms with E-state index in [-0.39, 0.29) is 8.95 Å². The molecule has 70 valence electrons. The molecule has 8 heteroatoms. The number of anilines is 1. The van der Waals surface area contributed by atoms with Gasteiger partial charge in [0.25, 0.3) is 10.0 Å². The molecule has 0 bridgehead atoms. The summed E-state index contributed by atoms with van der Waals surface area (Å²) in [5, 5.41) is 2.80. The van der Waals surface area contributed by atoms with Gasteiger partial charge in [0.1, 0.15) is 0 Å². The molecule has 1 aliphatic rings. The molecule has 0 fully saturated rings. The Kier molecular flexibility index (Phi) is 2.25. The van der Waals surface area contributed by atoms with Crippen molar-refractivity contribution in [2.24, 2.45) is 4.40 Å². The van der Waals surface area contributed by atoms with Crippen LogP contribution < -0.4 is 5.32 Å². The van der Waals surface area contributed by atoms with E-state index in [9.17, 15) is 8.42 Å². The van der Waals surface area contributed by atoms with E-state index in [1.807, 2.05) is 0 Å². The van der Waals surface area contributed by atoms with Gasteiger partial charge in [-0.15, -0.1) is 15.7 Å². The Labute approximate surface area is 95.4 Å². The third-order valence-corrected chi connectivity index (χ3v) is 5.38. The lowest BCUT2D eigenvalue weighted by atomic mass is 10.5. The molecule has 1 aromatic heterocycles. The SMILES string of the molecule is O=S1(=O)N=C(Br)Nc2cc(Br)sc21. The van der Waals surface area contributed by atoms with Gasteiger partial charge in [-0.05, 0) is 37.9 Å². The number of halogens is 2. The molecule has 0 atom stereocenters. The summed E-state index contributed by atoms with van der Waals surface area (Å²) >= 11 is 7.34. The van der Waals surface area contributed by atoms with Crippen LogP contribution in [0, 0.1) is 0 Å². The van der Waals surface area contributed by atoms with Gasteiger partial charge in [0.15, 0.2) is 8.95 Å². The van der Waals surface area contributed by atoms with Crippen LogP contribution in [0.5, 0.6) is 0 Å². The first-order chi connectivity index (χ1) is 5.99. The van der Waals surface area contributed by atoms with Crippen molar-refractivity contribution < 1.29 is 8.42 Å². The van der Waals surface area contributed by atoms with Crippen molar-refractivity contribution in [3.05, 3.63) is 9.85 Å². The lowest BCUT2D eigenvalue weighted by molar-refractivity contribution is 0.600. The first kappa shape index (κ1) is 9.63. The molecule has 13 heavy (non-hydrogen) atoms. The van der Waals surface area contributed by atoms with Gasteiger partial charge < -0.3 is 5.32 Å². The number of amidine groups is 1. The highest BCUT2D eigenvalue weighted by Crippen LogP contribution is 2.38. The Morgan fingerprint density at radius 2 is 2.15 bits per heavy atom. The molecule has 1 aliphatic heterocycles. The second-order valence-corrected chi connectivity index (χ2v) is 7.22. The number of hydrogen-bond donors (Lipinski definition) is 1. The van der Waals surface area contributed by atoms with E-state index in [1.54, 1.807) is 6.07 Å². The van der Waals surface area contributed by atoms with Crippen LogP contribution in [0.25, 0.3) is 0 Å². The van der Waals surface area contributed by atoms with E-state index in [0.717, 1.165) is 15.1 Å². The van der Waals surface area contributed by atoms with Gasteiger partial charge in [-0.25, -0.2) is 0 Å². The normalized spacial score (nSPS) is 18.8. The van der Waals surface area contributed by atoms with Gasteiger partial charge >= 0.3 is 0 Å². The molecule has 0 aliphatic carbocycles. The minimum atomic E-state index is -3.50. The molecule has 0 unspecified atom stereocenters. The van der Waals surface area contributed by atoms with Gasteiger partial charge in [0, 0.05) is 0 Å². The fourth-order valence-corrected chi connectivity index (χ4v) is 4.83. The number of thiophene rings is 1. The first-order valence-corrected chi connectivity index (χ1v) is 6.90. The molecule has 0 aromatic carbocycles. The number of hydrogen-bond acceptors (Lipinski definition) is 4. The highest BCUT2D eigenvalue weighted by atomic mass is 79.9. The molecule has 0 spiro atoms. The van der Waals surface area contributed by atoms with Crippen LogP contribution in [-0.4, -0.2) is 13.2 Å². The lowest BCUT2D eigenvalue weighted by Crippen LogP contribution is -2.14. The predicted molar refractivity (Wildman–Crippen MR) is 59.2 cm³/mol. The average Bonchev–Trinajstić information content (AvgIpc) is 2.28. The monoisotopic (exact) mass is 344 g/mol. The maximum absolute atomic E-state index is 11.4. The van der Waals surface area contributed by atoms with E-state index in [0.29, 0.717) is 5.69 Å². The molecule has 1 aromatic rings. The number of sulfonamides is 1. The van der Waals surface area contributed by atoms with Crippen molar-refractivity contribution in [3.63, 3.8) is 0 Å². The lowest BCUT2D eigenvalue weighted by Gasteiger charge is -2.09. The summed E-state index contributed by atoms with van der Waals surface area (Å²) in [6.45, 7) is 0. The Bertz CT molecular complexity index is 491. The minimum Gasteiger partial charge on any atom is -0.332 e. The van der Waals surface area contributed by atoms with Crippen molar-refractivity contribution in [3.8, 4) is 0 Å². The van der Waals surface area contributed by atoms with Crippen LogP contribution in [0.4, 0.5) is 5.69 Å². The summed E-state index contributed by atoms with van der Waals surface area (Å²) in [6.07, 6.45) is 0. The highest BCUT2D eigenvalue weighted by molar-refractivity contribution is 9.18. The van der Waals surface area contributed by atoms with Gasteiger partial charge in [0.2, 0.25) is 0 Å². The summed E-state index contributed by atoms with van der Waals surface area (Å²) in [4.78, 5) is 0. The summed E-state index contributed by atoms with van der Waals surface area (Å²) in [5.41, 5.74) is 0.554. The van der Waals surface area contributed by atoms with Crippen LogP contribution in [0.15, 0.2) is 18.5 Å². The zero-order valence-electron chi connectivity index (χ0n) is 5.91. The average molecular weight is 346 g/mol. The van der Waals surface area contributed by atoms with E-state index in [2.05, 4.69) is 41.6 Å². The summed E-state index contributed by atoms with van der Waals surface area (Å²) in [7, 11) is -3.50. The molecular formula is C5H2Br2N2O2S2. The molecule has 0 radical (unpaired) electrons. The number of nitrogens with zero attached hydrogens (tertiary/aromatic N) is 1. The fourth-order valence-electron chi connectivity index (χ4n) is 0.905. The van der Waals surface area contributed by atoms with E-state index in [1.165, 1.54) is 0 Å². The number of nitrogens with one attached hydrogen (secondary N) is 1. The maximum atomic E-state index is 11.4. The second kappa shape index (κ2) is 3.04. The molecule has 1 N–H and O–H groups in total. The summed E-state index contributed by atoms with van der Waals surface area (Å²) in [5.74, 6) is 0. The van der Waals surface area contributed by atoms with Crippen molar-refractivity contribution in [1.29, 1.82) is 0 Å². The van der Waals surface area contributed by atoms with Crippen molar-refractivity contribution in [1.82, 2.24) is 0 Å². The van der Waals surface area contributed by atoms with Crippen LogP contribution in [0.1, 0.15) is 0 Å². The topological polar surface area (TPSA) is 58.5 Å². The van der Waals surface area contributed by atoms with Crippen LogP contribution >= 0.6 is 43.2 Å². The van der Waals surface area contributed by atoms with Crippen molar-refractivity contribution in [2.75, 3.05) is 5.32 Å². The van der Waals surface area contributed by atoms with Crippen LogP contribution in [0.3, 0.4) is 0 Å². The largest absolute Gasteiger partial charge is 0.332 e. The third kappa shape index (κ3) is 1.67. The smallest absolute Gasteiger partial charge is 0.296 e. The van der Waals surface area contributed by atoms with Gasteiger partial charge in [-0.1, -0.05) is 0 Å². The van der Waals surface area contributed by atoms with Crippen molar-refractivity contribution in [2.45, 2.75) is 4.21 Å². The molecule has 2 rings (SSSR count). The summed E-state index contributed by atoms with van der Waals surface area (Å²) < 4.78 is 27.5. The van der Waals surface area contributed by atoms with Gasteiger partial charge in [0.05, 0.1) is 9.47 Å². The van der Waals surface area contributed by atoms with E-state index < -0.39 is 10.0 Å². The van der Waals surface area contributed by atoms with Gasteiger partial charge in [-0.2, -0.15) is 8.42 Å². The fraction of sp³-hybridized carbons (Fsp3) is 0. The quantitative estimate of drug-likeness (QED) is 0.734. The zero-order chi connectivity index (χ0) is 9.64. The number of fused-ring (bicyclic) bond motifs is 1. The standard InChI is InChI=1S/C5H2Br2N2O2S2/c6-3-1-2-4(12-3)13(10,11)9-5(7)8-2/h1H,(H,8,9). The number of rotatable bonds is 0. The highest BCUT2D eigenvalue weighted by Gasteiger charge is 2.26. The molecule has 4 nitrogen and oxygen atoms in total. The van der Waals surface area contributed by atoms with Gasteiger partial charge in [-0.3, -0.25) is 0 Å². The molecular weight excluding hydrogens is 344 g/mol. The minimum absolute atomic E-state index is 0.213. The van der Waals surface area contributed by atoms with Crippen LogP contribution in [0.2, 0.25) is 0 Å². The second-order valence-electron chi connectivity index (χ2n) is 2.23. The Hall–Kier alpha value is 0.0800. The molecule has 0 saturated heterocycles. The summed E-state index contributed by atoms with van der Waals surface area (Å²) in [6, 6.07) is 1.70. The predicted octanol–water partition coefficient (Wildman–Crippen LogP) is 2.38. The third-order valence-electron chi connectivity index (χ3n) is 1.34. The Morgan fingerprint density at radius 3 is 2.85 bits per heavy atom. The molecule has 0 saturated carbocycles. The Morgan fingerprint density at radius 1 is 1.46 bits per heavy atom. The first-order valence-electron chi connectivity index (χ1n) is 3.06. The van der Waals surface area contributed by atoms with Crippen molar-refractivity contribution >= 4 is 63.7 Å². The van der Waals surface area contributed by atoms with Crippen LogP contribution in [-0.2, 0) is 10.0 Å². The maximum Gasteiger partial charge on any atom is 0.296 e. The molecule has 0 amide bonds. The Balaban J connectivity index is 2.71. The molecule has 2 heterocycles. The van der Waals surface area contributed by atoms with E-state index in [4.69, 9.17) is 0 Å². The van der Waals surface area contributed by atoms with E-state index >= 15 is 0 Å². The zero-order valence-corrected chi connectivity index (χ0v) is 10.7.